The van der Waals surface area contributed by atoms with Gasteiger partial charge in [-0.1, -0.05) is 25.1 Å². The van der Waals surface area contributed by atoms with Gasteiger partial charge in [0, 0.05) is 0 Å². The molecule has 1 rings (SSSR count). The van der Waals surface area contributed by atoms with Crippen LogP contribution in [-0.4, -0.2) is 7.11 Å². The first-order valence-electron chi connectivity index (χ1n) is 3.35. The minimum Gasteiger partial charge on any atom is -0.496 e. The molecule has 0 unspecified atom stereocenters. The molecule has 1 heteroatoms. The summed E-state index contributed by atoms with van der Waals surface area (Å²) in [7, 11) is 1.69. The van der Waals surface area contributed by atoms with Crippen LogP contribution in [0.4, 0.5) is 0 Å². The lowest BCUT2D eigenvalue weighted by Gasteiger charge is -2.03. The van der Waals surface area contributed by atoms with Crippen molar-refractivity contribution < 1.29 is 4.74 Å². The van der Waals surface area contributed by atoms with Gasteiger partial charge in [0.2, 0.25) is 0 Å². The van der Waals surface area contributed by atoms with Crippen LogP contribution in [0.5, 0.6) is 5.75 Å². The summed E-state index contributed by atoms with van der Waals surface area (Å²) in [5, 5.41) is 0. The predicted molar refractivity (Wildman–Crippen MR) is 49.2 cm³/mol. The van der Waals surface area contributed by atoms with Crippen molar-refractivity contribution in [1.82, 2.24) is 0 Å². The van der Waals surface area contributed by atoms with Gasteiger partial charge in [-0.3, -0.25) is 0 Å². The molecule has 0 heterocycles. The molecule has 0 bridgehead atoms. The van der Waals surface area contributed by atoms with Crippen LogP contribution in [0.3, 0.4) is 0 Å². The van der Waals surface area contributed by atoms with Crippen molar-refractivity contribution in [3.05, 3.63) is 29.3 Å². The second-order valence-corrected chi connectivity index (χ2v) is 2.47. The van der Waals surface area contributed by atoms with Crippen LogP contribution in [0, 0.1) is 13.8 Å². The Morgan fingerprint density at radius 1 is 1.18 bits per heavy atom. The summed E-state index contributed by atoms with van der Waals surface area (Å²) in [6.45, 7) is 4.12. The molecule has 1 nitrogen and oxygen atoms in total. The Kier molecular flexibility index (Phi) is 3.66. The van der Waals surface area contributed by atoms with Gasteiger partial charge in [0.15, 0.2) is 0 Å². The third-order valence-electron chi connectivity index (χ3n) is 1.55. The maximum atomic E-state index is 5.10. The van der Waals surface area contributed by atoms with E-state index in [1.807, 2.05) is 19.1 Å². The summed E-state index contributed by atoms with van der Waals surface area (Å²) in [6, 6.07) is 6.15. The minimum absolute atomic E-state index is 0. The molecule has 0 aliphatic carbocycles. The van der Waals surface area contributed by atoms with Crippen LogP contribution in [0.1, 0.15) is 18.6 Å². The van der Waals surface area contributed by atoms with Gasteiger partial charge in [-0.15, -0.1) is 0 Å². The van der Waals surface area contributed by atoms with Gasteiger partial charge in [-0.2, -0.15) is 0 Å². The number of rotatable bonds is 1. The van der Waals surface area contributed by atoms with Gasteiger partial charge in [0.05, 0.1) is 7.11 Å². The van der Waals surface area contributed by atoms with Crippen LogP contribution in [-0.2, 0) is 0 Å². The Morgan fingerprint density at radius 2 is 1.82 bits per heavy atom. The lowest BCUT2D eigenvalue weighted by atomic mass is 10.1. The highest BCUT2D eigenvalue weighted by atomic mass is 16.5. The third-order valence-corrected chi connectivity index (χ3v) is 1.55. The zero-order valence-electron chi connectivity index (χ0n) is 6.64. The maximum Gasteiger partial charge on any atom is 0.121 e. The molecule has 1 aromatic rings. The Labute approximate surface area is 69.0 Å². The van der Waals surface area contributed by atoms with Gasteiger partial charge < -0.3 is 4.74 Å². The molecular formula is C10H16O. The molecule has 0 aromatic heterocycles. The number of hydrogen-bond acceptors (Lipinski definition) is 1. The highest BCUT2D eigenvalue weighted by Gasteiger charge is 1.94. The topological polar surface area (TPSA) is 9.23 Å². The molecule has 1 aromatic carbocycles. The van der Waals surface area contributed by atoms with Gasteiger partial charge in [0.1, 0.15) is 5.75 Å². The number of aryl methyl sites for hydroxylation is 2. The van der Waals surface area contributed by atoms with Crippen molar-refractivity contribution in [2.75, 3.05) is 7.11 Å². The van der Waals surface area contributed by atoms with E-state index in [0.29, 0.717) is 0 Å². The second kappa shape index (κ2) is 4.02. The average Bonchev–Trinajstić information content (AvgIpc) is 1.88. The molecule has 0 atom stereocenters. The highest BCUT2D eigenvalue weighted by molar-refractivity contribution is 5.35. The summed E-state index contributed by atoms with van der Waals surface area (Å²) in [4.78, 5) is 0. The van der Waals surface area contributed by atoms with E-state index in [9.17, 15) is 0 Å². The van der Waals surface area contributed by atoms with Crippen molar-refractivity contribution in [3.63, 3.8) is 0 Å². The largest absolute Gasteiger partial charge is 0.496 e. The van der Waals surface area contributed by atoms with E-state index in [2.05, 4.69) is 13.0 Å². The van der Waals surface area contributed by atoms with E-state index in [4.69, 9.17) is 4.74 Å². The Morgan fingerprint density at radius 3 is 2.27 bits per heavy atom. The Balaban J connectivity index is 0.000001000. The molecule has 0 saturated carbocycles. The Hall–Kier alpha value is -0.980. The van der Waals surface area contributed by atoms with Crippen molar-refractivity contribution >= 4 is 0 Å². The monoisotopic (exact) mass is 152 g/mol. The zero-order chi connectivity index (χ0) is 7.56. The summed E-state index contributed by atoms with van der Waals surface area (Å²) < 4.78 is 5.10. The first kappa shape index (κ1) is 10.0. The first-order valence-corrected chi connectivity index (χ1v) is 3.35. The summed E-state index contributed by atoms with van der Waals surface area (Å²) >= 11 is 0. The lowest BCUT2D eigenvalue weighted by Crippen LogP contribution is -1.86. The molecule has 0 fully saturated rings. The fraction of sp³-hybridized carbons (Fsp3) is 0.400. The average molecular weight is 152 g/mol. The molecular weight excluding hydrogens is 136 g/mol. The van der Waals surface area contributed by atoms with E-state index in [-0.39, 0.29) is 7.43 Å². The Bertz CT molecular complexity index is 228. The van der Waals surface area contributed by atoms with Gasteiger partial charge in [-0.05, 0) is 25.5 Å². The minimum atomic E-state index is 0. The highest BCUT2D eigenvalue weighted by Crippen LogP contribution is 2.17. The molecule has 0 N–H and O–H groups in total. The van der Waals surface area contributed by atoms with E-state index in [0.717, 1.165) is 5.75 Å². The summed E-state index contributed by atoms with van der Waals surface area (Å²) in [5.74, 6) is 0.964. The molecule has 0 amide bonds. The van der Waals surface area contributed by atoms with Crippen molar-refractivity contribution in [2.24, 2.45) is 0 Å². The molecule has 0 spiro atoms. The van der Waals surface area contributed by atoms with E-state index in [1.54, 1.807) is 7.11 Å². The normalized spacial score (nSPS) is 8.64. The second-order valence-electron chi connectivity index (χ2n) is 2.47. The fourth-order valence-corrected chi connectivity index (χ4v) is 1.03. The van der Waals surface area contributed by atoms with Crippen LogP contribution in [0.2, 0.25) is 0 Å². The van der Waals surface area contributed by atoms with Crippen LogP contribution in [0.15, 0.2) is 18.2 Å². The molecule has 11 heavy (non-hydrogen) atoms. The van der Waals surface area contributed by atoms with Crippen molar-refractivity contribution in [2.45, 2.75) is 21.3 Å². The number of benzene rings is 1. The molecule has 0 aliphatic heterocycles. The standard InChI is InChI=1S/C9H12O.CH4/c1-7-4-5-9(10-3)8(2)6-7;/h4-6H,1-3H3;1H4. The van der Waals surface area contributed by atoms with Gasteiger partial charge in [0.25, 0.3) is 0 Å². The maximum absolute atomic E-state index is 5.10. The van der Waals surface area contributed by atoms with E-state index in [1.165, 1.54) is 11.1 Å². The predicted octanol–water partition coefficient (Wildman–Crippen LogP) is 2.95. The van der Waals surface area contributed by atoms with E-state index < -0.39 is 0 Å². The van der Waals surface area contributed by atoms with Crippen molar-refractivity contribution in [1.29, 1.82) is 0 Å². The molecule has 0 saturated heterocycles. The summed E-state index contributed by atoms with van der Waals surface area (Å²) in [5.41, 5.74) is 2.47. The lowest BCUT2D eigenvalue weighted by molar-refractivity contribution is 0.411. The third kappa shape index (κ3) is 2.26. The number of methoxy groups -OCH3 is 1. The fourth-order valence-electron chi connectivity index (χ4n) is 1.03. The first-order chi connectivity index (χ1) is 4.74. The number of ether oxygens (including phenoxy) is 1. The van der Waals surface area contributed by atoms with Crippen LogP contribution >= 0.6 is 0 Å². The van der Waals surface area contributed by atoms with E-state index >= 15 is 0 Å². The quantitative estimate of drug-likeness (QED) is 0.601. The molecule has 62 valence electrons. The van der Waals surface area contributed by atoms with Gasteiger partial charge >= 0.3 is 0 Å². The SMILES string of the molecule is C.COc1ccc(C)cc1C. The molecule has 0 radical (unpaired) electrons. The van der Waals surface area contributed by atoms with Gasteiger partial charge in [-0.25, -0.2) is 0 Å². The number of hydrogen-bond donors (Lipinski definition) is 0. The van der Waals surface area contributed by atoms with Crippen LogP contribution < -0.4 is 4.74 Å². The smallest absolute Gasteiger partial charge is 0.121 e. The zero-order valence-corrected chi connectivity index (χ0v) is 6.64. The summed E-state index contributed by atoms with van der Waals surface area (Å²) in [6.07, 6.45) is 0. The molecule has 0 aliphatic rings. The van der Waals surface area contributed by atoms with Crippen LogP contribution in [0.25, 0.3) is 0 Å². The van der Waals surface area contributed by atoms with Crippen molar-refractivity contribution in [3.8, 4) is 5.75 Å².